The summed E-state index contributed by atoms with van der Waals surface area (Å²) in [5.74, 6) is 0. The monoisotopic (exact) mass is 289 g/mol. The number of halogens is 1. The smallest absolute Gasteiger partial charge is 0.191 e. The van der Waals surface area contributed by atoms with Gasteiger partial charge < -0.3 is 5.32 Å². The lowest BCUT2D eigenvalue weighted by Crippen LogP contribution is -2.23. The number of hydrogen-bond acceptors (Lipinski definition) is 2. The predicted octanol–water partition coefficient (Wildman–Crippen LogP) is 3.66. The van der Waals surface area contributed by atoms with Crippen LogP contribution in [0.5, 0.6) is 0 Å². The van der Waals surface area contributed by atoms with Crippen molar-refractivity contribution in [3.05, 3.63) is 65.2 Å². The molecule has 0 fully saturated rings. The van der Waals surface area contributed by atoms with E-state index >= 15 is 0 Å². The Hall–Kier alpha value is -1.91. The molecule has 2 rings (SSSR count). The molecule has 0 aliphatic rings. The van der Waals surface area contributed by atoms with Gasteiger partial charge in [0.25, 0.3) is 0 Å². The molecule has 0 spiro atoms. The fourth-order valence-electron chi connectivity index (χ4n) is 1.42. The first-order valence-corrected chi connectivity index (χ1v) is 6.44. The molecule has 96 valence electrons. The van der Waals surface area contributed by atoms with Crippen LogP contribution in [0, 0.1) is 0 Å². The van der Waals surface area contributed by atoms with E-state index in [2.05, 4.69) is 15.8 Å². The second-order valence-corrected chi connectivity index (χ2v) is 4.53. The molecule has 0 atom stereocenters. The summed E-state index contributed by atoms with van der Waals surface area (Å²) in [6.45, 7) is 0. The van der Waals surface area contributed by atoms with Crippen molar-refractivity contribution in [2.24, 2.45) is 5.10 Å². The van der Waals surface area contributed by atoms with Crippen molar-refractivity contribution in [2.75, 3.05) is 5.32 Å². The Bertz CT molecular complexity index is 584. The minimum Gasteiger partial charge on any atom is -0.331 e. The number of anilines is 1. The summed E-state index contributed by atoms with van der Waals surface area (Å²) in [7, 11) is 0. The molecule has 19 heavy (non-hydrogen) atoms. The number of nitrogens with zero attached hydrogens (tertiary/aromatic N) is 1. The second-order valence-electron chi connectivity index (χ2n) is 3.71. The molecule has 0 aliphatic heterocycles. The Labute approximate surface area is 122 Å². The Kier molecular flexibility index (Phi) is 4.89. The average molecular weight is 290 g/mol. The van der Waals surface area contributed by atoms with Crippen LogP contribution in [0.4, 0.5) is 5.69 Å². The van der Waals surface area contributed by atoms with Gasteiger partial charge in [0.2, 0.25) is 0 Å². The molecule has 0 heterocycles. The van der Waals surface area contributed by atoms with Gasteiger partial charge in [-0.1, -0.05) is 48.0 Å². The molecule has 0 radical (unpaired) electrons. The average Bonchev–Trinajstić information content (AvgIpc) is 2.42. The lowest BCUT2D eigenvalue weighted by atomic mass is 10.2. The maximum atomic E-state index is 6.00. The summed E-state index contributed by atoms with van der Waals surface area (Å²) in [6, 6.07) is 17.1. The van der Waals surface area contributed by atoms with Crippen LogP contribution >= 0.6 is 23.8 Å². The molecular formula is C14H12ClN3S. The lowest BCUT2D eigenvalue weighted by Gasteiger charge is -2.06. The molecule has 0 saturated heterocycles. The molecule has 0 aromatic heterocycles. The van der Waals surface area contributed by atoms with Gasteiger partial charge in [0.1, 0.15) is 0 Å². The molecule has 0 amide bonds. The normalized spacial score (nSPS) is 10.4. The highest BCUT2D eigenvalue weighted by Gasteiger charge is 1.96. The maximum Gasteiger partial charge on any atom is 0.191 e. The molecule has 0 saturated carbocycles. The molecule has 0 bridgehead atoms. The zero-order valence-corrected chi connectivity index (χ0v) is 11.6. The summed E-state index contributed by atoms with van der Waals surface area (Å²) >= 11 is 11.1. The van der Waals surface area contributed by atoms with Gasteiger partial charge in [-0.2, -0.15) is 5.10 Å². The first kappa shape index (κ1) is 13.5. The summed E-state index contributed by atoms with van der Waals surface area (Å²) in [5, 5.41) is 8.13. The number of para-hydroxylation sites is 1. The number of nitrogens with one attached hydrogen (secondary N) is 2. The number of hydrazone groups is 1. The minimum atomic E-state index is 0.425. The quantitative estimate of drug-likeness (QED) is 0.514. The first-order chi connectivity index (χ1) is 9.25. The number of benzene rings is 2. The van der Waals surface area contributed by atoms with Crippen LogP contribution in [0.25, 0.3) is 0 Å². The maximum absolute atomic E-state index is 6.00. The van der Waals surface area contributed by atoms with Crippen LogP contribution in [0.1, 0.15) is 5.56 Å². The summed E-state index contributed by atoms with van der Waals surface area (Å²) in [6.07, 6.45) is 1.63. The zero-order chi connectivity index (χ0) is 13.5. The van der Waals surface area contributed by atoms with E-state index in [9.17, 15) is 0 Å². The highest BCUT2D eigenvalue weighted by Crippen LogP contribution is 2.12. The van der Waals surface area contributed by atoms with E-state index < -0.39 is 0 Å². The minimum absolute atomic E-state index is 0.425. The number of rotatable bonds is 3. The van der Waals surface area contributed by atoms with Crippen LogP contribution in [-0.4, -0.2) is 11.3 Å². The fourth-order valence-corrected chi connectivity index (χ4v) is 1.78. The van der Waals surface area contributed by atoms with E-state index in [-0.39, 0.29) is 0 Å². The van der Waals surface area contributed by atoms with Gasteiger partial charge >= 0.3 is 0 Å². The van der Waals surface area contributed by atoms with Gasteiger partial charge in [0.15, 0.2) is 5.11 Å². The van der Waals surface area contributed by atoms with E-state index in [1.807, 2.05) is 54.6 Å². The fraction of sp³-hybridized carbons (Fsp3) is 0. The standard InChI is InChI=1S/C14H12ClN3S/c15-13-9-5-4-6-11(13)10-16-18-14(19)17-12-7-2-1-3-8-12/h1-10H,(H2,17,18,19)/b16-10-. The van der Waals surface area contributed by atoms with E-state index in [4.69, 9.17) is 23.8 Å². The van der Waals surface area contributed by atoms with Crippen molar-refractivity contribution in [2.45, 2.75) is 0 Å². The number of thiocarbonyl (C=S) groups is 1. The van der Waals surface area contributed by atoms with Crippen molar-refractivity contribution >= 4 is 40.8 Å². The molecule has 2 aromatic carbocycles. The highest BCUT2D eigenvalue weighted by molar-refractivity contribution is 7.80. The van der Waals surface area contributed by atoms with Crippen molar-refractivity contribution in [1.82, 2.24) is 5.43 Å². The Morgan fingerprint density at radius 1 is 1.05 bits per heavy atom. The summed E-state index contributed by atoms with van der Waals surface area (Å²) in [4.78, 5) is 0. The summed E-state index contributed by atoms with van der Waals surface area (Å²) in [5.41, 5.74) is 4.48. The molecule has 0 unspecified atom stereocenters. The molecule has 2 N–H and O–H groups in total. The van der Waals surface area contributed by atoms with Crippen molar-refractivity contribution in [1.29, 1.82) is 0 Å². The molecule has 2 aromatic rings. The van der Waals surface area contributed by atoms with Gasteiger partial charge in [0, 0.05) is 16.3 Å². The molecule has 0 aliphatic carbocycles. The van der Waals surface area contributed by atoms with Crippen LogP contribution < -0.4 is 10.7 Å². The predicted molar refractivity (Wildman–Crippen MR) is 84.8 cm³/mol. The first-order valence-electron chi connectivity index (χ1n) is 5.65. The van der Waals surface area contributed by atoms with Gasteiger partial charge in [0.05, 0.1) is 6.21 Å². The van der Waals surface area contributed by atoms with E-state index in [1.54, 1.807) is 6.21 Å². The second kappa shape index (κ2) is 6.87. The van der Waals surface area contributed by atoms with Crippen LogP contribution in [-0.2, 0) is 0 Å². The van der Waals surface area contributed by atoms with Gasteiger partial charge in [-0.3, -0.25) is 5.43 Å². The molecule has 5 heteroatoms. The van der Waals surface area contributed by atoms with Crippen molar-refractivity contribution < 1.29 is 0 Å². The third kappa shape index (κ3) is 4.35. The van der Waals surface area contributed by atoms with Crippen LogP contribution in [0.3, 0.4) is 0 Å². The Morgan fingerprint density at radius 3 is 2.47 bits per heavy atom. The van der Waals surface area contributed by atoms with E-state index in [1.165, 1.54) is 0 Å². The SMILES string of the molecule is S=C(N/N=C\c1ccccc1Cl)Nc1ccccc1. The Morgan fingerprint density at radius 2 is 1.74 bits per heavy atom. The van der Waals surface area contributed by atoms with Crippen LogP contribution in [0.2, 0.25) is 5.02 Å². The number of hydrogen-bond donors (Lipinski definition) is 2. The zero-order valence-electron chi connectivity index (χ0n) is 10.0. The summed E-state index contributed by atoms with van der Waals surface area (Å²) < 4.78 is 0. The highest BCUT2D eigenvalue weighted by atomic mass is 35.5. The van der Waals surface area contributed by atoms with Gasteiger partial charge in [-0.15, -0.1) is 0 Å². The van der Waals surface area contributed by atoms with E-state index in [0.29, 0.717) is 10.1 Å². The van der Waals surface area contributed by atoms with Crippen molar-refractivity contribution in [3.8, 4) is 0 Å². The largest absolute Gasteiger partial charge is 0.331 e. The Balaban J connectivity index is 1.89. The van der Waals surface area contributed by atoms with Crippen molar-refractivity contribution in [3.63, 3.8) is 0 Å². The van der Waals surface area contributed by atoms with E-state index in [0.717, 1.165) is 11.3 Å². The van der Waals surface area contributed by atoms with Gasteiger partial charge in [-0.05, 0) is 30.4 Å². The third-order valence-electron chi connectivity index (χ3n) is 2.31. The lowest BCUT2D eigenvalue weighted by molar-refractivity contribution is 1.05. The van der Waals surface area contributed by atoms with Crippen LogP contribution in [0.15, 0.2) is 59.7 Å². The molecular weight excluding hydrogens is 278 g/mol. The topological polar surface area (TPSA) is 36.4 Å². The van der Waals surface area contributed by atoms with Gasteiger partial charge in [-0.25, -0.2) is 0 Å². The molecule has 3 nitrogen and oxygen atoms in total. The third-order valence-corrected chi connectivity index (χ3v) is 2.84.